The Hall–Kier alpha value is -1.99. The molecule has 0 spiro atoms. The molecule has 0 unspecified atom stereocenters. The second-order valence-corrected chi connectivity index (χ2v) is 5.68. The SMILES string of the molecule is O=C(NCCO)N(Cc1ccc(Br)cc1)c1ccc(F)cc1F. The monoisotopic (exact) mass is 384 g/mol. The molecule has 0 bridgehead atoms. The molecular formula is C16H15BrF2N2O2. The number of urea groups is 1. The van der Waals surface area contributed by atoms with Gasteiger partial charge in [-0.2, -0.15) is 0 Å². The van der Waals surface area contributed by atoms with Gasteiger partial charge in [-0.1, -0.05) is 28.1 Å². The van der Waals surface area contributed by atoms with Crippen LogP contribution in [0.2, 0.25) is 0 Å². The predicted molar refractivity (Wildman–Crippen MR) is 87.2 cm³/mol. The number of carbonyl (C=O) groups is 1. The van der Waals surface area contributed by atoms with E-state index in [-0.39, 0.29) is 25.4 Å². The van der Waals surface area contributed by atoms with Gasteiger partial charge in [-0.05, 0) is 29.8 Å². The Morgan fingerprint density at radius 1 is 1.17 bits per heavy atom. The molecule has 2 aromatic rings. The van der Waals surface area contributed by atoms with Crippen molar-refractivity contribution in [2.75, 3.05) is 18.1 Å². The molecule has 0 saturated carbocycles. The molecule has 122 valence electrons. The fourth-order valence-electron chi connectivity index (χ4n) is 2.00. The molecule has 0 radical (unpaired) electrons. The van der Waals surface area contributed by atoms with Crippen LogP contribution in [0.25, 0.3) is 0 Å². The lowest BCUT2D eigenvalue weighted by Gasteiger charge is -2.24. The molecule has 7 heteroatoms. The summed E-state index contributed by atoms with van der Waals surface area (Å²) < 4.78 is 28.0. The lowest BCUT2D eigenvalue weighted by atomic mass is 10.2. The number of amides is 2. The minimum Gasteiger partial charge on any atom is -0.395 e. The van der Waals surface area contributed by atoms with Crippen molar-refractivity contribution in [2.45, 2.75) is 6.54 Å². The van der Waals surface area contributed by atoms with Crippen LogP contribution in [0.15, 0.2) is 46.9 Å². The summed E-state index contributed by atoms with van der Waals surface area (Å²) in [5.74, 6) is -1.55. The average molecular weight is 385 g/mol. The summed E-state index contributed by atoms with van der Waals surface area (Å²) in [6, 6.07) is 9.64. The number of aliphatic hydroxyl groups excluding tert-OH is 1. The van der Waals surface area contributed by atoms with Crippen LogP contribution in [0.3, 0.4) is 0 Å². The first-order valence-electron chi connectivity index (χ1n) is 6.87. The molecule has 2 N–H and O–H groups in total. The highest BCUT2D eigenvalue weighted by molar-refractivity contribution is 9.10. The summed E-state index contributed by atoms with van der Waals surface area (Å²) in [5, 5.41) is 11.3. The van der Waals surface area contributed by atoms with Crippen molar-refractivity contribution in [3.63, 3.8) is 0 Å². The number of hydrogen-bond acceptors (Lipinski definition) is 2. The van der Waals surface area contributed by atoms with Crippen molar-refractivity contribution >= 4 is 27.6 Å². The number of nitrogens with one attached hydrogen (secondary N) is 1. The summed E-state index contributed by atoms with van der Waals surface area (Å²) in [7, 11) is 0. The highest BCUT2D eigenvalue weighted by Gasteiger charge is 2.19. The van der Waals surface area contributed by atoms with Crippen LogP contribution in [-0.4, -0.2) is 24.3 Å². The van der Waals surface area contributed by atoms with Gasteiger partial charge in [0, 0.05) is 17.1 Å². The van der Waals surface area contributed by atoms with Gasteiger partial charge in [-0.15, -0.1) is 0 Å². The third kappa shape index (κ3) is 4.74. The predicted octanol–water partition coefficient (Wildman–Crippen LogP) is 3.44. The second-order valence-electron chi connectivity index (χ2n) is 4.76. The van der Waals surface area contributed by atoms with E-state index < -0.39 is 17.7 Å². The van der Waals surface area contributed by atoms with E-state index in [2.05, 4.69) is 21.2 Å². The molecule has 0 aliphatic carbocycles. The Labute approximate surface area is 140 Å². The van der Waals surface area contributed by atoms with Crippen LogP contribution < -0.4 is 10.2 Å². The van der Waals surface area contributed by atoms with Crippen molar-refractivity contribution in [1.82, 2.24) is 5.32 Å². The summed E-state index contributed by atoms with van der Waals surface area (Å²) in [6.45, 7) is -0.0880. The number of benzene rings is 2. The standard InChI is InChI=1S/C16H15BrF2N2O2/c17-12-3-1-11(2-4-12)10-21(16(23)20-7-8-22)15-6-5-13(18)9-14(15)19/h1-6,9,22H,7-8,10H2,(H,20,23). The number of hydrogen-bond donors (Lipinski definition) is 2. The normalized spacial score (nSPS) is 10.4. The minimum absolute atomic E-state index is 0.0373. The molecule has 0 aliphatic heterocycles. The smallest absolute Gasteiger partial charge is 0.322 e. The van der Waals surface area contributed by atoms with Crippen LogP contribution in [0.1, 0.15) is 5.56 Å². The maximum atomic E-state index is 14.0. The van der Waals surface area contributed by atoms with Gasteiger partial charge < -0.3 is 10.4 Å². The third-order valence-electron chi connectivity index (χ3n) is 3.09. The minimum atomic E-state index is -0.832. The molecule has 0 saturated heterocycles. The van der Waals surface area contributed by atoms with E-state index in [1.807, 2.05) is 0 Å². The van der Waals surface area contributed by atoms with Crippen molar-refractivity contribution in [2.24, 2.45) is 0 Å². The van der Waals surface area contributed by atoms with E-state index in [0.717, 1.165) is 27.1 Å². The maximum Gasteiger partial charge on any atom is 0.322 e. The molecule has 0 fully saturated rings. The highest BCUT2D eigenvalue weighted by atomic mass is 79.9. The maximum absolute atomic E-state index is 14.0. The van der Waals surface area contributed by atoms with Gasteiger partial charge >= 0.3 is 6.03 Å². The number of rotatable bonds is 5. The Balaban J connectivity index is 2.30. The zero-order valence-corrected chi connectivity index (χ0v) is 13.7. The molecule has 4 nitrogen and oxygen atoms in total. The number of carbonyl (C=O) groups excluding carboxylic acids is 1. The molecule has 2 aromatic carbocycles. The third-order valence-corrected chi connectivity index (χ3v) is 3.62. The van der Waals surface area contributed by atoms with Gasteiger partial charge in [0.15, 0.2) is 0 Å². The number of anilines is 1. The van der Waals surface area contributed by atoms with E-state index in [4.69, 9.17) is 5.11 Å². The summed E-state index contributed by atoms with van der Waals surface area (Å²) in [6.07, 6.45) is 0. The van der Waals surface area contributed by atoms with Crippen LogP contribution in [0.5, 0.6) is 0 Å². The van der Waals surface area contributed by atoms with Crippen LogP contribution >= 0.6 is 15.9 Å². The summed E-state index contributed by atoms with van der Waals surface area (Å²) in [4.78, 5) is 13.4. The fourth-order valence-corrected chi connectivity index (χ4v) is 2.26. The topological polar surface area (TPSA) is 52.6 Å². The first-order valence-corrected chi connectivity index (χ1v) is 7.66. The van der Waals surface area contributed by atoms with Gasteiger partial charge in [0.25, 0.3) is 0 Å². The van der Waals surface area contributed by atoms with Crippen molar-refractivity contribution < 1.29 is 18.7 Å². The zero-order chi connectivity index (χ0) is 16.8. The van der Waals surface area contributed by atoms with Gasteiger partial charge in [-0.25, -0.2) is 13.6 Å². The van der Waals surface area contributed by atoms with Crippen molar-refractivity contribution in [3.05, 3.63) is 64.1 Å². The molecule has 2 rings (SSSR count). The Morgan fingerprint density at radius 3 is 2.48 bits per heavy atom. The van der Waals surface area contributed by atoms with Crippen LogP contribution in [-0.2, 0) is 6.54 Å². The Bertz CT molecular complexity index is 680. The van der Waals surface area contributed by atoms with E-state index in [1.165, 1.54) is 6.07 Å². The van der Waals surface area contributed by atoms with E-state index in [0.29, 0.717) is 0 Å². The van der Waals surface area contributed by atoms with Crippen LogP contribution in [0, 0.1) is 11.6 Å². The van der Waals surface area contributed by atoms with Gasteiger partial charge in [-0.3, -0.25) is 4.90 Å². The van der Waals surface area contributed by atoms with E-state index >= 15 is 0 Å². The zero-order valence-electron chi connectivity index (χ0n) is 12.1. The number of halogens is 3. The van der Waals surface area contributed by atoms with Crippen LogP contribution in [0.4, 0.5) is 19.3 Å². The number of aliphatic hydroxyl groups is 1. The van der Waals surface area contributed by atoms with E-state index in [1.54, 1.807) is 24.3 Å². The molecule has 0 atom stereocenters. The molecule has 0 heterocycles. The molecular weight excluding hydrogens is 370 g/mol. The van der Waals surface area contributed by atoms with Gasteiger partial charge in [0.2, 0.25) is 0 Å². The first-order chi connectivity index (χ1) is 11.0. The molecule has 23 heavy (non-hydrogen) atoms. The highest BCUT2D eigenvalue weighted by Crippen LogP contribution is 2.23. The fraction of sp³-hybridized carbons (Fsp3) is 0.188. The van der Waals surface area contributed by atoms with E-state index in [9.17, 15) is 13.6 Å². The second kappa shape index (κ2) is 8.03. The Morgan fingerprint density at radius 2 is 1.87 bits per heavy atom. The summed E-state index contributed by atoms with van der Waals surface area (Å²) in [5.41, 5.74) is 0.737. The molecule has 0 aliphatic rings. The molecule has 2 amide bonds. The average Bonchev–Trinajstić information content (AvgIpc) is 2.53. The first kappa shape index (κ1) is 17.4. The van der Waals surface area contributed by atoms with Gasteiger partial charge in [0.05, 0.1) is 18.8 Å². The lowest BCUT2D eigenvalue weighted by molar-refractivity contribution is 0.239. The Kier molecular flexibility index (Phi) is 6.06. The summed E-state index contributed by atoms with van der Waals surface area (Å²) >= 11 is 3.32. The quantitative estimate of drug-likeness (QED) is 0.829. The lowest BCUT2D eigenvalue weighted by Crippen LogP contribution is -2.41. The van der Waals surface area contributed by atoms with Crippen molar-refractivity contribution in [3.8, 4) is 0 Å². The van der Waals surface area contributed by atoms with Crippen molar-refractivity contribution in [1.29, 1.82) is 0 Å². The molecule has 0 aromatic heterocycles. The largest absolute Gasteiger partial charge is 0.395 e. The van der Waals surface area contributed by atoms with Gasteiger partial charge in [0.1, 0.15) is 11.6 Å². The number of nitrogens with zero attached hydrogens (tertiary/aromatic N) is 1.